The lowest BCUT2D eigenvalue weighted by molar-refractivity contribution is 0.0946. The quantitative estimate of drug-likeness (QED) is 0.666. The Morgan fingerprint density at radius 2 is 1.57 bits per heavy atom. The first-order valence-corrected chi connectivity index (χ1v) is 10.3. The summed E-state index contributed by atoms with van der Waals surface area (Å²) in [4.78, 5) is 21.0. The zero-order valence-corrected chi connectivity index (χ0v) is 16.8. The number of amides is 1. The predicted molar refractivity (Wildman–Crippen MR) is 110 cm³/mol. The van der Waals surface area contributed by atoms with Gasteiger partial charge in [0.25, 0.3) is 5.91 Å². The summed E-state index contributed by atoms with van der Waals surface area (Å²) in [5, 5.41) is 5.05. The Labute approximate surface area is 175 Å². The van der Waals surface area contributed by atoms with Gasteiger partial charge in [0, 0.05) is 49.9 Å². The highest BCUT2D eigenvalue weighted by Crippen LogP contribution is 2.24. The van der Waals surface area contributed by atoms with Gasteiger partial charge in [0.15, 0.2) is 5.13 Å². The monoisotopic (exact) mass is 432 g/mol. The van der Waals surface area contributed by atoms with E-state index in [-0.39, 0.29) is 18.1 Å². The minimum Gasteiger partial charge on any atom is -0.368 e. The van der Waals surface area contributed by atoms with Crippen LogP contribution in [0.15, 0.2) is 47.8 Å². The van der Waals surface area contributed by atoms with E-state index >= 15 is 0 Å². The summed E-state index contributed by atoms with van der Waals surface area (Å²) in [5.74, 6) is -2.02. The molecule has 156 valence electrons. The molecule has 0 bridgehead atoms. The molecule has 0 spiro atoms. The molecule has 30 heavy (non-hydrogen) atoms. The molecule has 1 fully saturated rings. The molecule has 4 rings (SSSR count). The van der Waals surface area contributed by atoms with Gasteiger partial charge in [-0.3, -0.25) is 4.79 Å². The number of carbonyl (C=O) groups excluding carboxylic acids is 1. The Kier molecular flexibility index (Phi) is 5.89. The van der Waals surface area contributed by atoms with Gasteiger partial charge < -0.3 is 15.1 Å². The standard InChI is InChI=1S/C21H19F3N4OS/c22-15-1-3-18(4-2-15)27-5-7-28(8-6-27)21-26-19(13-30-21)20(29)25-12-14-9-16(23)11-17(24)10-14/h1-4,9-11,13H,5-8,12H2,(H,25,29). The fourth-order valence-corrected chi connectivity index (χ4v) is 4.17. The number of benzene rings is 2. The summed E-state index contributed by atoms with van der Waals surface area (Å²) in [6, 6.07) is 9.57. The molecular weight excluding hydrogens is 413 g/mol. The molecule has 1 saturated heterocycles. The molecule has 1 aliphatic rings. The summed E-state index contributed by atoms with van der Waals surface area (Å²) in [7, 11) is 0. The Hall–Kier alpha value is -3.07. The maximum Gasteiger partial charge on any atom is 0.271 e. The molecule has 3 aromatic rings. The van der Waals surface area contributed by atoms with Crippen LogP contribution >= 0.6 is 11.3 Å². The van der Waals surface area contributed by atoms with Crippen LogP contribution in [0.25, 0.3) is 0 Å². The van der Waals surface area contributed by atoms with Gasteiger partial charge in [-0.15, -0.1) is 11.3 Å². The number of halogens is 3. The summed E-state index contributed by atoms with van der Waals surface area (Å²) >= 11 is 1.38. The molecule has 0 atom stereocenters. The third-order valence-corrected chi connectivity index (χ3v) is 5.74. The van der Waals surface area contributed by atoms with Gasteiger partial charge in [0.05, 0.1) is 0 Å². The van der Waals surface area contributed by atoms with E-state index in [1.807, 2.05) is 0 Å². The Morgan fingerprint density at radius 3 is 2.23 bits per heavy atom. The summed E-state index contributed by atoms with van der Waals surface area (Å²) in [5.41, 5.74) is 1.59. The number of rotatable bonds is 5. The SMILES string of the molecule is O=C(NCc1cc(F)cc(F)c1)c1csc(N2CCN(c3ccc(F)cc3)CC2)n1. The van der Waals surface area contributed by atoms with E-state index in [9.17, 15) is 18.0 Å². The molecule has 2 aromatic carbocycles. The van der Waals surface area contributed by atoms with Crippen molar-refractivity contribution in [2.45, 2.75) is 6.54 Å². The van der Waals surface area contributed by atoms with Gasteiger partial charge in [-0.1, -0.05) is 0 Å². The van der Waals surface area contributed by atoms with Crippen LogP contribution < -0.4 is 15.1 Å². The molecule has 1 N–H and O–H groups in total. The van der Waals surface area contributed by atoms with E-state index in [4.69, 9.17) is 0 Å². The number of nitrogens with zero attached hydrogens (tertiary/aromatic N) is 3. The second kappa shape index (κ2) is 8.74. The Morgan fingerprint density at radius 1 is 0.933 bits per heavy atom. The molecule has 0 aliphatic carbocycles. The van der Waals surface area contributed by atoms with Gasteiger partial charge in [0.2, 0.25) is 0 Å². The van der Waals surface area contributed by atoms with Crippen LogP contribution in [0.1, 0.15) is 16.1 Å². The van der Waals surface area contributed by atoms with Crippen molar-refractivity contribution in [3.05, 3.63) is 76.6 Å². The maximum atomic E-state index is 13.2. The predicted octanol–water partition coefficient (Wildman–Crippen LogP) is 3.82. The van der Waals surface area contributed by atoms with Crippen LogP contribution in [0, 0.1) is 17.5 Å². The first kappa shape index (κ1) is 20.2. The number of hydrogen-bond acceptors (Lipinski definition) is 5. The first-order valence-electron chi connectivity index (χ1n) is 9.42. The van der Waals surface area contributed by atoms with E-state index in [2.05, 4.69) is 20.1 Å². The average Bonchev–Trinajstić information content (AvgIpc) is 3.22. The van der Waals surface area contributed by atoms with Crippen LogP contribution in [0.2, 0.25) is 0 Å². The smallest absolute Gasteiger partial charge is 0.271 e. The normalized spacial score (nSPS) is 14.1. The van der Waals surface area contributed by atoms with Crippen molar-refractivity contribution in [1.29, 1.82) is 0 Å². The number of nitrogens with one attached hydrogen (secondary N) is 1. The molecule has 0 unspecified atom stereocenters. The highest BCUT2D eigenvalue weighted by Gasteiger charge is 2.21. The Balaban J connectivity index is 1.32. The van der Waals surface area contributed by atoms with E-state index in [0.29, 0.717) is 5.56 Å². The van der Waals surface area contributed by atoms with Crippen LogP contribution in [0.5, 0.6) is 0 Å². The van der Waals surface area contributed by atoms with Gasteiger partial charge >= 0.3 is 0 Å². The van der Waals surface area contributed by atoms with Crippen LogP contribution in [0.4, 0.5) is 24.0 Å². The minimum absolute atomic E-state index is 0.0106. The zero-order valence-electron chi connectivity index (χ0n) is 15.9. The zero-order chi connectivity index (χ0) is 21.1. The minimum atomic E-state index is -0.685. The maximum absolute atomic E-state index is 13.2. The van der Waals surface area contributed by atoms with Gasteiger partial charge in [0.1, 0.15) is 23.1 Å². The fourth-order valence-electron chi connectivity index (χ4n) is 3.31. The second-order valence-corrected chi connectivity index (χ2v) is 7.76. The third kappa shape index (κ3) is 4.73. The van der Waals surface area contributed by atoms with Crippen LogP contribution in [-0.2, 0) is 6.54 Å². The van der Waals surface area contributed by atoms with Crippen molar-refractivity contribution in [3.8, 4) is 0 Å². The molecule has 1 amide bonds. The summed E-state index contributed by atoms with van der Waals surface area (Å²) in [6.45, 7) is 3.00. The second-order valence-electron chi connectivity index (χ2n) is 6.93. The van der Waals surface area contributed by atoms with Gasteiger partial charge in [-0.25, -0.2) is 18.2 Å². The lowest BCUT2D eigenvalue weighted by atomic mass is 10.2. The topological polar surface area (TPSA) is 48.5 Å². The third-order valence-electron chi connectivity index (χ3n) is 4.84. The van der Waals surface area contributed by atoms with Gasteiger partial charge in [-0.05, 0) is 42.0 Å². The molecule has 5 nitrogen and oxygen atoms in total. The number of piperazine rings is 1. The Bertz CT molecular complexity index is 1010. The van der Waals surface area contributed by atoms with Gasteiger partial charge in [-0.2, -0.15) is 0 Å². The van der Waals surface area contributed by atoms with Crippen molar-refractivity contribution < 1.29 is 18.0 Å². The van der Waals surface area contributed by atoms with E-state index in [1.54, 1.807) is 17.5 Å². The molecule has 9 heteroatoms. The van der Waals surface area contributed by atoms with E-state index < -0.39 is 17.5 Å². The molecule has 0 saturated carbocycles. The van der Waals surface area contributed by atoms with E-state index in [1.165, 1.54) is 35.6 Å². The first-order chi connectivity index (χ1) is 14.5. The van der Waals surface area contributed by atoms with Crippen molar-refractivity contribution >= 4 is 28.1 Å². The van der Waals surface area contributed by atoms with E-state index in [0.717, 1.165) is 43.1 Å². The number of anilines is 2. The molecule has 0 radical (unpaired) electrons. The van der Waals surface area contributed by atoms with Crippen LogP contribution in [0.3, 0.4) is 0 Å². The number of aromatic nitrogens is 1. The van der Waals surface area contributed by atoms with Crippen molar-refractivity contribution in [3.63, 3.8) is 0 Å². The lowest BCUT2D eigenvalue weighted by Crippen LogP contribution is -2.46. The number of carbonyl (C=O) groups is 1. The average molecular weight is 432 g/mol. The highest BCUT2D eigenvalue weighted by molar-refractivity contribution is 7.13. The molecule has 1 aromatic heterocycles. The number of thiazole rings is 1. The molecular formula is C21H19F3N4OS. The van der Waals surface area contributed by atoms with Crippen molar-refractivity contribution in [2.75, 3.05) is 36.0 Å². The summed E-state index contributed by atoms with van der Waals surface area (Å²) in [6.07, 6.45) is 0. The van der Waals surface area contributed by atoms with Crippen molar-refractivity contribution in [2.24, 2.45) is 0 Å². The van der Waals surface area contributed by atoms with Crippen LogP contribution in [-0.4, -0.2) is 37.1 Å². The molecule has 2 heterocycles. The van der Waals surface area contributed by atoms with Crippen molar-refractivity contribution in [1.82, 2.24) is 10.3 Å². The highest BCUT2D eigenvalue weighted by atomic mass is 32.1. The fraction of sp³-hybridized carbons (Fsp3) is 0.238. The molecule has 1 aliphatic heterocycles. The number of hydrogen-bond donors (Lipinski definition) is 1. The lowest BCUT2D eigenvalue weighted by Gasteiger charge is -2.36. The largest absolute Gasteiger partial charge is 0.368 e. The summed E-state index contributed by atoms with van der Waals surface area (Å²) < 4.78 is 39.6.